The molecule has 1 aliphatic rings. The van der Waals surface area contributed by atoms with E-state index in [9.17, 15) is 0 Å². The second-order valence-corrected chi connectivity index (χ2v) is 13.5. The molecule has 0 saturated carbocycles. The minimum absolute atomic E-state index is 0.489. The van der Waals surface area contributed by atoms with E-state index in [1.54, 1.807) is 0 Å². The first-order valence-electron chi connectivity index (χ1n) is 17.8. The summed E-state index contributed by atoms with van der Waals surface area (Å²) in [5, 5.41) is 2.49. The summed E-state index contributed by atoms with van der Waals surface area (Å²) in [6.45, 7) is 2.29. The van der Waals surface area contributed by atoms with Crippen molar-refractivity contribution in [3.63, 3.8) is 0 Å². The van der Waals surface area contributed by atoms with Crippen LogP contribution >= 0.6 is 0 Å². The van der Waals surface area contributed by atoms with Gasteiger partial charge in [0.05, 0.1) is 11.0 Å². The number of aromatic nitrogens is 1. The van der Waals surface area contributed by atoms with Crippen molar-refractivity contribution < 1.29 is 0 Å². The summed E-state index contributed by atoms with van der Waals surface area (Å²) >= 11 is 0. The molecule has 2 nitrogen and oxygen atoms in total. The van der Waals surface area contributed by atoms with Gasteiger partial charge in [0.1, 0.15) is 0 Å². The first-order chi connectivity index (χ1) is 25.2. The Kier molecular flexibility index (Phi) is 7.91. The molecule has 8 aromatic rings. The lowest BCUT2D eigenvalue weighted by Gasteiger charge is -2.29. The van der Waals surface area contributed by atoms with Crippen LogP contribution in [0.15, 0.2) is 200 Å². The lowest BCUT2D eigenvalue weighted by atomic mass is 9.97. The van der Waals surface area contributed by atoms with E-state index in [1.807, 2.05) is 0 Å². The number of nitrogens with zero attached hydrogens (tertiary/aromatic N) is 2. The molecule has 0 amide bonds. The average Bonchev–Trinajstić information content (AvgIpc) is 3.52. The summed E-state index contributed by atoms with van der Waals surface area (Å²) in [5.74, 6) is 0.489. The molecule has 2 heteroatoms. The summed E-state index contributed by atoms with van der Waals surface area (Å²) in [6, 6.07) is 63.7. The van der Waals surface area contributed by atoms with Gasteiger partial charge in [-0.25, -0.2) is 0 Å². The van der Waals surface area contributed by atoms with E-state index in [0.29, 0.717) is 5.92 Å². The Bertz CT molecular complexity index is 2520. The maximum atomic E-state index is 2.41. The number of anilines is 2. The second-order valence-electron chi connectivity index (χ2n) is 13.5. The summed E-state index contributed by atoms with van der Waals surface area (Å²) in [6.07, 6.45) is 8.02. The summed E-state index contributed by atoms with van der Waals surface area (Å²) in [5.41, 5.74) is 14.4. The van der Waals surface area contributed by atoms with Crippen LogP contribution in [0, 0.1) is 5.92 Å². The van der Waals surface area contributed by atoms with Crippen LogP contribution in [-0.4, -0.2) is 4.57 Å². The Balaban J connectivity index is 1.13. The van der Waals surface area contributed by atoms with Crippen molar-refractivity contribution in [1.82, 2.24) is 4.57 Å². The number of hydrogen-bond donors (Lipinski definition) is 0. The highest BCUT2D eigenvalue weighted by Crippen LogP contribution is 2.40. The van der Waals surface area contributed by atoms with E-state index in [0.717, 1.165) is 23.5 Å². The molecule has 0 aliphatic heterocycles. The van der Waals surface area contributed by atoms with E-state index < -0.39 is 0 Å². The second kappa shape index (κ2) is 13.2. The normalized spacial score (nSPS) is 14.1. The van der Waals surface area contributed by atoms with Crippen molar-refractivity contribution in [1.29, 1.82) is 0 Å². The van der Waals surface area contributed by atoms with Crippen LogP contribution in [0.2, 0.25) is 0 Å². The predicted molar refractivity (Wildman–Crippen MR) is 217 cm³/mol. The van der Waals surface area contributed by atoms with Gasteiger partial charge in [0.25, 0.3) is 0 Å². The zero-order valence-corrected chi connectivity index (χ0v) is 28.7. The minimum Gasteiger partial charge on any atom is -0.311 e. The van der Waals surface area contributed by atoms with E-state index >= 15 is 0 Å². The Hall–Kier alpha value is -6.38. The molecule has 9 rings (SSSR count). The van der Waals surface area contributed by atoms with Crippen LogP contribution in [0.1, 0.15) is 13.3 Å². The Morgan fingerprint density at radius 1 is 0.471 bits per heavy atom. The smallest absolute Gasteiger partial charge is 0.0561 e. The van der Waals surface area contributed by atoms with Gasteiger partial charge in [0.2, 0.25) is 0 Å². The van der Waals surface area contributed by atoms with Crippen LogP contribution in [0.3, 0.4) is 0 Å². The topological polar surface area (TPSA) is 8.17 Å². The highest BCUT2D eigenvalue weighted by atomic mass is 15.1. The van der Waals surface area contributed by atoms with E-state index in [-0.39, 0.29) is 0 Å². The van der Waals surface area contributed by atoms with Gasteiger partial charge in [-0.1, -0.05) is 146 Å². The zero-order chi connectivity index (χ0) is 34.1. The van der Waals surface area contributed by atoms with E-state index in [2.05, 4.69) is 211 Å². The fourth-order valence-electron chi connectivity index (χ4n) is 7.52. The summed E-state index contributed by atoms with van der Waals surface area (Å²) in [7, 11) is 0. The number of fused-ring (bicyclic) bond motifs is 3. The zero-order valence-electron chi connectivity index (χ0n) is 28.7. The fourth-order valence-corrected chi connectivity index (χ4v) is 7.52. The van der Waals surface area contributed by atoms with Crippen LogP contribution in [0.5, 0.6) is 0 Å². The van der Waals surface area contributed by atoms with E-state index in [1.165, 1.54) is 60.9 Å². The van der Waals surface area contributed by atoms with Crippen molar-refractivity contribution in [2.75, 3.05) is 4.90 Å². The molecule has 1 heterocycles. The Morgan fingerprint density at radius 2 is 1.02 bits per heavy atom. The lowest BCUT2D eigenvalue weighted by molar-refractivity contribution is 0.726. The third kappa shape index (κ3) is 5.85. The molecule has 244 valence electrons. The first kappa shape index (κ1) is 30.7. The molecule has 0 radical (unpaired) electrons. The highest BCUT2D eigenvalue weighted by Gasteiger charge is 2.20. The minimum atomic E-state index is 0.489. The quantitative estimate of drug-likeness (QED) is 0.166. The largest absolute Gasteiger partial charge is 0.311 e. The molecule has 0 spiro atoms. The fraction of sp³-hybridized carbons (Fsp3) is 0.0612. The number of para-hydroxylation sites is 2. The van der Waals surface area contributed by atoms with Crippen LogP contribution in [0.4, 0.5) is 11.4 Å². The van der Waals surface area contributed by atoms with Crippen molar-refractivity contribution in [3.05, 3.63) is 200 Å². The van der Waals surface area contributed by atoms with E-state index in [4.69, 9.17) is 0 Å². The summed E-state index contributed by atoms with van der Waals surface area (Å²) < 4.78 is 2.41. The maximum Gasteiger partial charge on any atom is 0.0561 e. The van der Waals surface area contributed by atoms with Crippen LogP contribution in [-0.2, 0) is 0 Å². The molecule has 7 aromatic carbocycles. The monoisotopic (exact) mass is 654 g/mol. The SMILES string of the molecule is CC1C=C(N(c2ccccc2)c2ccc3c4cc(-c5ccc(-c6ccc(-c7ccccc7)cc6)cc5)ccc4n(-c4ccccc4)c3c2)C=CC1. The van der Waals surface area contributed by atoms with Gasteiger partial charge in [-0.3, -0.25) is 0 Å². The standard InChI is InChI=1S/C49H38N2/c1-35-12-11-19-44(32-35)50(42-15-7-3-8-16-42)45-29-30-46-47-33-41(28-31-48(47)51(49(46)34-45)43-17-9-4-10-18-43)40-26-24-39(25-27-40)38-22-20-37(21-23-38)36-13-5-2-6-14-36/h2-11,13-35H,12H2,1H3. The lowest BCUT2D eigenvalue weighted by Crippen LogP contribution is -2.17. The van der Waals surface area contributed by atoms with Crippen molar-refractivity contribution in [2.24, 2.45) is 5.92 Å². The Labute approximate surface area is 299 Å². The molecular weight excluding hydrogens is 617 g/mol. The van der Waals surface area contributed by atoms with Gasteiger partial charge in [0, 0.05) is 33.5 Å². The third-order valence-electron chi connectivity index (χ3n) is 10.1. The highest BCUT2D eigenvalue weighted by molar-refractivity contribution is 6.11. The molecule has 1 unspecified atom stereocenters. The molecule has 51 heavy (non-hydrogen) atoms. The average molecular weight is 655 g/mol. The molecule has 0 N–H and O–H groups in total. The molecule has 1 aromatic heterocycles. The molecular formula is C49H38N2. The van der Waals surface area contributed by atoms with Crippen LogP contribution < -0.4 is 4.90 Å². The predicted octanol–water partition coefficient (Wildman–Crippen LogP) is 13.4. The maximum absolute atomic E-state index is 2.41. The molecule has 1 atom stereocenters. The first-order valence-corrected chi connectivity index (χ1v) is 17.8. The molecule has 0 saturated heterocycles. The van der Waals surface area contributed by atoms with Crippen molar-refractivity contribution >= 4 is 33.2 Å². The van der Waals surface area contributed by atoms with Gasteiger partial charge < -0.3 is 9.47 Å². The Morgan fingerprint density at radius 3 is 1.65 bits per heavy atom. The summed E-state index contributed by atoms with van der Waals surface area (Å²) in [4.78, 5) is 2.39. The number of rotatable bonds is 7. The molecule has 0 fully saturated rings. The van der Waals surface area contributed by atoms with Crippen molar-refractivity contribution in [2.45, 2.75) is 13.3 Å². The van der Waals surface area contributed by atoms with Crippen LogP contribution in [0.25, 0.3) is 60.9 Å². The van der Waals surface area contributed by atoms with Gasteiger partial charge in [-0.2, -0.15) is 0 Å². The molecule has 0 bridgehead atoms. The third-order valence-corrected chi connectivity index (χ3v) is 10.1. The van der Waals surface area contributed by atoms with Gasteiger partial charge in [-0.05, 0) is 100 Å². The number of benzene rings is 7. The number of allylic oxidation sites excluding steroid dienone is 3. The number of hydrogen-bond acceptors (Lipinski definition) is 1. The molecule has 1 aliphatic carbocycles. The van der Waals surface area contributed by atoms with Gasteiger partial charge in [-0.15, -0.1) is 0 Å². The van der Waals surface area contributed by atoms with Gasteiger partial charge >= 0.3 is 0 Å². The van der Waals surface area contributed by atoms with Gasteiger partial charge in [0.15, 0.2) is 0 Å². The van der Waals surface area contributed by atoms with Crippen molar-refractivity contribution in [3.8, 4) is 39.1 Å².